The third-order valence-corrected chi connectivity index (χ3v) is 3.58. The van der Waals surface area contributed by atoms with Crippen LogP contribution < -0.4 is 10.5 Å². The molecule has 0 aliphatic carbocycles. The predicted octanol–water partition coefficient (Wildman–Crippen LogP) is 1.26. The minimum Gasteiger partial charge on any atom is -0.396 e. The van der Waals surface area contributed by atoms with Crippen molar-refractivity contribution in [1.82, 2.24) is 4.72 Å². The molecule has 4 nitrogen and oxygen atoms in total. The molecule has 1 aromatic carbocycles. The van der Waals surface area contributed by atoms with E-state index in [9.17, 15) is 21.6 Å². The molecule has 17 heavy (non-hydrogen) atoms. The van der Waals surface area contributed by atoms with Crippen LogP contribution in [0, 0.1) is 12.7 Å². The zero-order valence-corrected chi connectivity index (χ0v) is 9.69. The van der Waals surface area contributed by atoms with Crippen molar-refractivity contribution in [3.8, 4) is 0 Å². The molecule has 0 saturated carbocycles. The molecule has 0 heterocycles. The van der Waals surface area contributed by atoms with Gasteiger partial charge < -0.3 is 5.73 Å². The van der Waals surface area contributed by atoms with Crippen molar-refractivity contribution in [2.75, 3.05) is 12.3 Å². The maximum absolute atomic E-state index is 13.0. The number of hydrogen-bond acceptors (Lipinski definition) is 3. The van der Waals surface area contributed by atoms with Crippen molar-refractivity contribution >= 4 is 15.7 Å². The number of alkyl halides is 2. The first-order valence-electron chi connectivity index (χ1n) is 4.57. The number of halogens is 3. The van der Waals surface area contributed by atoms with Gasteiger partial charge in [0.2, 0.25) is 10.0 Å². The molecule has 8 heteroatoms. The van der Waals surface area contributed by atoms with Crippen molar-refractivity contribution in [1.29, 1.82) is 0 Å². The highest BCUT2D eigenvalue weighted by molar-refractivity contribution is 7.89. The molecule has 1 aromatic rings. The summed E-state index contributed by atoms with van der Waals surface area (Å²) in [5.74, 6) is -0.754. The van der Waals surface area contributed by atoms with Crippen LogP contribution >= 0.6 is 0 Å². The van der Waals surface area contributed by atoms with Gasteiger partial charge in [0.05, 0.1) is 17.1 Å². The number of anilines is 1. The Morgan fingerprint density at radius 3 is 2.53 bits per heavy atom. The molecule has 0 unspecified atom stereocenters. The summed E-state index contributed by atoms with van der Waals surface area (Å²) in [5, 5.41) is 0. The van der Waals surface area contributed by atoms with E-state index in [-0.39, 0.29) is 16.1 Å². The Labute approximate surface area is 96.7 Å². The average molecular weight is 268 g/mol. The average Bonchev–Trinajstić information content (AvgIpc) is 2.20. The second-order valence-electron chi connectivity index (χ2n) is 3.38. The van der Waals surface area contributed by atoms with Crippen molar-refractivity contribution in [3.05, 3.63) is 23.5 Å². The number of nitrogens with two attached hydrogens (primary N) is 1. The van der Waals surface area contributed by atoms with E-state index in [2.05, 4.69) is 0 Å². The molecular formula is C9H11F3N2O2S. The maximum Gasteiger partial charge on any atom is 0.251 e. The zero-order chi connectivity index (χ0) is 13.2. The molecule has 1 rings (SSSR count). The third-order valence-electron chi connectivity index (χ3n) is 2.01. The van der Waals surface area contributed by atoms with Crippen LogP contribution in [0.1, 0.15) is 5.56 Å². The van der Waals surface area contributed by atoms with E-state index >= 15 is 0 Å². The number of benzene rings is 1. The molecule has 0 fully saturated rings. The topological polar surface area (TPSA) is 72.2 Å². The minimum atomic E-state index is -4.10. The number of hydrogen-bond donors (Lipinski definition) is 2. The van der Waals surface area contributed by atoms with Crippen LogP contribution in [-0.4, -0.2) is 21.4 Å². The van der Waals surface area contributed by atoms with Gasteiger partial charge in [0, 0.05) is 0 Å². The van der Waals surface area contributed by atoms with Crippen LogP contribution in [0.4, 0.5) is 18.9 Å². The normalized spacial score (nSPS) is 12.1. The Morgan fingerprint density at radius 2 is 2.00 bits per heavy atom. The van der Waals surface area contributed by atoms with E-state index in [0.29, 0.717) is 0 Å². The summed E-state index contributed by atoms with van der Waals surface area (Å²) in [6.45, 7) is 0.346. The number of nitrogen functional groups attached to an aromatic ring is 1. The van der Waals surface area contributed by atoms with Crippen LogP contribution in [0.2, 0.25) is 0 Å². The summed E-state index contributed by atoms with van der Waals surface area (Å²) in [6.07, 6.45) is -2.80. The molecule has 0 radical (unpaired) electrons. The van der Waals surface area contributed by atoms with Gasteiger partial charge in [-0.2, -0.15) is 0 Å². The summed E-state index contributed by atoms with van der Waals surface area (Å²) in [5.41, 5.74) is 4.97. The highest BCUT2D eigenvalue weighted by atomic mass is 32.2. The predicted molar refractivity (Wildman–Crippen MR) is 56.7 cm³/mol. The Kier molecular flexibility index (Phi) is 3.99. The molecular weight excluding hydrogens is 257 g/mol. The van der Waals surface area contributed by atoms with Crippen LogP contribution in [0.5, 0.6) is 0 Å². The van der Waals surface area contributed by atoms with Gasteiger partial charge in [0.25, 0.3) is 6.43 Å². The molecule has 0 saturated heterocycles. The number of rotatable bonds is 4. The first-order valence-corrected chi connectivity index (χ1v) is 6.06. The first kappa shape index (κ1) is 13.8. The van der Waals surface area contributed by atoms with Gasteiger partial charge in [-0.15, -0.1) is 0 Å². The van der Waals surface area contributed by atoms with E-state index < -0.39 is 28.8 Å². The van der Waals surface area contributed by atoms with Gasteiger partial charge in [-0.25, -0.2) is 26.3 Å². The summed E-state index contributed by atoms with van der Waals surface area (Å²) in [7, 11) is -4.10. The first-order chi connectivity index (χ1) is 7.74. The minimum absolute atomic E-state index is 0.0958. The van der Waals surface area contributed by atoms with Gasteiger partial charge in [-0.3, -0.25) is 0 Å². The molecule has 0 aliphatic heterocycles. The second kappa shape index (κ2) is 4.92. The molecule has 0 aliphatic rings. The van der Waals surface area contributed by atoms with Crippen molar-refractivity contribution < 1.29 is 21.6 Å². The summed E-state index contributed by atoms with van der Waals surface area (Å²) >= 11 is 0. The maximum atomic E-state index is 13.0. The van der Waals surface area contributed by atoms with Gasteiger partial charge in [0.1, 0.15) is 5.82 Å². The smallest absolute Gasteiger partial charge is 0.251 e. The van der Waals surface area contributed by atoms with E-state index in [1.54, 1.807) is 4.72 Å². The standard InChI is InChI=1S/C9H11F3N2O2S/c1-5-2-6(10)7(13)3-8(5)17(15,16)14-4-9(11)12/h2-3,9,14H,4,13H2,1H3. The fourth-order valence-corrected chi connectivity index (χ4v) is 2.47. The van der Waals surface area contributed by atoms with E-state index in [0.717, 1.165) is 12.1 Å². The fraction of sp³-hybridized carbons (Fsp3) is 0.333. The number of sulfonamides is 1. The lowest BCUT2D eigenvalue weighted by Crippen LogP contribution is -2.29. The summed E-state index contributed by atoms with van der Waals surface area (Å²) < 4.78 is 61.7. The lowest BCUT2D eigenvalue weighted by molar-refractivity contribution is 0.153. The molecule has 0 atom stereocenters. The Bertz CT molecular complexity index is 517. The quantitative estimate of drug-likeness (QED) is 0.807. The summed E-state index contributed by atoms with van der Waals surface area (Å²) in [4.78, 5) is -0.308. The van der Waals surface area contributed by atoms with Crippen LogP contribution in [0.15, 0.2) is 17.0 Å². The van der Waals surface area contributed by atoms with Crippen LogP contribution in [0.3, 0.4) is 0 Å². The zero-order valence-electron chi connectivity index (χ0n) is 8.88. The molecule has 3 N–H and O–H groups in total. The number of aryl methyl sites for hydroxylation is 1. The second-order valence-corrected chi connectivity index (χ2v) is 5.12. The highest BCUT2D eigenvalue weighted by Crippen LogP contribution is 2.21. The Balaban J connectivity index is 3.11. The van der Waals surface area contributed by atoms with Crippen molar-refractivity contribution in [2.24, 2.45) is 0 Å². The summed E-state index contributed by atoms with van der Waals surface area (Å²) in [6, 6.07) is 1.84. The lowest BCUT2D eigenvalue weighted by atomic mass is 10.2. The van der Waals surface area contributed by atoms with E-state index in [1.807, 2.05) is 0 Å². The van der Waals surface area contributed by atoms with Crippen molar-refractivity contribution in [2.45, 2.75) is 18.2 Å². The highest BCUT2D eigenvalue weighted by Gasteiger charge is 2.20. The van der Waals surface area contributed by atoms with E-state index in [1.165, 1.54) is 6.92 Å². The molecule has 0 amide bonds. The number of nitrogens with one attached hydrogen (secondary N) is 1. The van der Waals surface area contributed by atoms with Crippen LogP contribution in [-0.2, 0) is 10.0 Å². The van der Waals surface area contributed by atoms with Gasteiger partial charge >= 0.3 is 0 Å². The fourth-order valence-electron chi connectivity index (χ4n) is 1.21. The largest absolute Gasteiger partial charge is 0.396 e. The van der Waals surface area contributed by atoms with Gasteiger partial charge in [0.15, 0.2) is 0 Å². The van der Waals surface area contributed by atoms with Gasteiger partial charge in [-0.1, -0.05) is 0 Å². The monoisotopic (exact) mass is 268 g/mol. The Hall–Kier alpha value is -1.28. The molecule has 0 aromatic heterocycles. The lowest BCUT2D eigenvalue weighted by Gasteiger charge is -2.10. The molecule has 96 valence electrons. The SMILES string of the molecule is Cc1cc(F)c(N)cc1S(=O)(=O)NCC(F)F. The van der Waals surface area contributed by atoms with Crippen LogP contribution in [0.25, 0.3) is 0 Å². The van der Waals surface area contributed by atoms with Crippen molar-refractivity contribution in [3.63, 3.8) is 0 Å². The molecule has 0 bridgehead atoms. The van der Waals surface area contributed by atoms with Gasteiger partial charge in [-0.05, 0) is 24.6 Å². The third kappa shape index (κ3) is 3.34. The molecule has 0 spiro atoms. The van der Waals surface area contributed by atoms with E-state index in [4.69, 9.17) is 5.73 Å². The Morgan fingerprint density at radius 1 is 1.41 bits per heavy atom.